The molecule has 0 heterocycles. The van der Waals surface area contributed by atoms with Crippen LogP contribution >= 0.6 is 11.8 Å². The molecule has 1 N–H and O–H groups in total. The van der Waals surface area contributed by atoms with E-state index in [0.717, 1.165) is 12.1 Å². The third kappa shape index (κ3) is 6.89. The Bertz CT molecular complexity index is 1530. The molecular weight excluding hydrogens is 694 g/mol. The molecule has 0 aliphatic rings. The number of carbonyl (C=O) groups is 1. The fourth-order valence-electron chi connectivity index (χ4n) is 2.77. The first-order valence-corrected chi connectivity index (χ1v) is 12.8. The first-order valence-electron chi connectivity index (χ1n) is 10.5. The van der Waals surface area contributed by atoms with E-state index in [1.165, 1.54) is 0 Å². The zero-order chi connectivity index (χ0) is 34.3. The third-order valence-corrected chi connectivity index (χ3v) is 7.75. The van der Waals surface area contributed by atoms with Gasteiger partial charge in [0.15, 0.2) is 12.4 Å². The van der Waals surface area contributed by atoms with Crippen LogP contribution in [-0.2, 0) is 14.6 Å². The molecule has 0 saturated heterocycles. The molecule has 2 aromatic rings. The summed E-state index contributed by atoms with van der Waals surface area (Å²) in [5, 5.41) is 0.536. The molecule has 8 nitrogen and oxygen atoms in total. The molecule has 0 aliphatic heterocycles. The lowest BCUT2D eigenvalue weighted by molar-refractivity contribution is -0.386. The number of amides is 1. The second kappa shape index (κ2) is 11.7. The maximum Gasteiger partial charge on any atom is 0.461 e. The van der Waals surface area contributed by atoms with Crippen LogP contribution in [-0.4, -0.2) is 60.6 Å². The molecule has 0 radical (unpaired) electrons. The van der Waals surface area contributed by atoms with E-state index in [1.54, 1.807) is 0 Å². The Balaban J connectivity index is 2.25. The van der Waals surface area contributed by atoms with Crippen molar-refractivity contribution in [2.45, 2.75) is 44.5 Å². The smallest absolute Gasteiger partial charge is 0.461 e. The second-order valence-corrected chi connectivity index (χ2v) is 11.2. The van der Waals surface area contributed by atoms with Crippen molar-refractivity contribution in [1.82, 2.24) is 0 Å². The van der Waals surface area contributed by atoms with Gasteiger partial charge in [-0.05, 0) is 42.1 Å². The highest BCUT2D eigenvalue weighted by Gasteiger charge is 2.79. The fraction of sp³-hybridized carbons (Fsp3) is 0.350. The Hall–Kier alpha value is -3.57. The summed E-state index contributed by atoms with van der Waals surface area (Å²) >= 11 is -1.23. The summed E-state index contributed by atoms with van der Waals surface area (Å²) in [7, 11) is -6.97. The van der Waals surface area contributed by atoms with Crippen LogP contribution in [0, 0.1) is 10.1 Å². The standard InChI is InChI=1S/C20H10F14N2O6S2/c21-15(22,17(25,26)27)19(31,32)43-10-3-1-2-9(6-10)35-14(37)8-42-13-5-4-11(7-12(13)36(38)39)44(40,41)20(33,34)16(23,24)18(28,29)30/h1-7H,8H2,(H,35,37). The molecule has 2 rings (SSSR count). The Morgan fingerprint density at radius 2 is 1.39 bits per heavy atom. The number of carbonyl (C=O) groups excluding carboxylic acids is 1. The lowest BCUT2D eigenvalue weighted by Gasteiger charge is -2.27. The van der Waals surface area contributed by atoms with E-state index in [2.05, 4.69) is 4.74 Å². The number of anilines is 1. The monoisotopic (exact) mass is 704 g/mol. The van der Waals surface area contributed by atoms with Crippen LogP contribution in [0.5, 0.6) is 5.75 Å². The number of nitro groups is 1. The molecule has 1 amide bonds. The minimum Gasteiger partial charge on any atom is -0.477 e. The molecule has 0 bridgehead atoms. The number of nitrogens with one attached hydrogen (secondary N) is 1. The van der Waals surface area contributed by atoms with Gasteiger partial charge in [0.25, 0.3) is 15.7 Å². The lowest BCUT2D eigenvalue weighted by Crippen LogP contribution is -2.55. The molecule has 0 saturated carbocycles. The molecular formula is C20H10F14N2O6S2. The SMILES string of the molecule is O=C(COc1ccc(S(=O)(=O)C(F)(F)C(F)(F)C(F)(F)F)cc1[N+](=O)[O-])Nc1cccc(SC(F)(F)C(F)(F)C(F)(F)F)c1. The number of rotatable bonds is 11. The highest BCUT2D eigenvalue weighted by atomic mass is 32.2. The number of thioether (sulfide) groups is 1. The predicted molar refractivity (Wildman–Crippen MR) is 119 cm³/mol. The molecule has 24 heteroatoms. The highest BCUT2D eigenvalue weighted by Crippen LogP contribution is 2.54. The van der Waals surface area contributed by atoms with E-state index < -0.39 is 101 Å². The summed E-state index contributed by atoms with van der Waals surface area (Å²) in [4.78, 5) is 18.8. The van der Waals surface area contributed by atoms with Crippen molar-refractivity contribution >= 4 is 38.9 Å². The van der Waals surface area contributed by atoms with Gasteiger partial charge in [-0.2, -0.15) is 61.5 Å². The Kier molecular flexibility index (Phi) is 9.77. The van der Waals surface area contributed by atoms with Gasteiger partial charge in [-0.15, -0.1) is 0 Å². The molecule has 0 unspecified atom stereocenters. The Labute approximate surface area is 238 Å². The maximum absolute atomic E-state index is 13.8. The number of benzene rings is 2. The zero-order valence-corrected chi connectivity index (χ0v) is 21.9. The quantitative estimate of drug-likeness (QED) is 0.115. The molecule has 0 aromatic heterocycles. The number of sulfone groups is 1. The summed E-state index contributed by atoms with van der Waals surface area (Å²) in [6.45, 7) is -1.32. The zero-order valence-electron chi connectivity index (χ0n) is 20.3. The van der Waals surface area contributed by atoms with Crippen LogP contribution in [0.2, 0.25) is 0 Å². The number of nitrogens with zero attached hydrogens (tertiary/aromatic N) is 1. The van der Waals surface area contributed by atoms with Gasteiger partial charge in [0.2, 0.25) is 0 Å². The number of hydrogen-bond donors (Lipinski definition) is 1. The largest absolute Gasteiger partial charge is 0.477 e. The van der Waals surface area contributed by atoms with Gasteiger partial charge in [0.1, 0.15) is 0 Å². The fourth-order valence-corrected chi connectivity index (χ4v) is 4.90. The van der Waals surface area contributed by atoms with Gasteiger partial charge < -0.3 is 10.1 Å². The maximum atomic E-state index is 13.8. The van der Waals surface area contributed by atoms with E-state index >= 15 is 0 Å². The highest BCUT2D eigenvalue weighted by molar-refractivity contribution is 8.00. The molecule has 0 spiro atoms. The summed E-state index contributed by atoms with van der Waals surface area (Å²) in [5.74, 6) is -16.1. The van der Waals surface area contributed by atoms with Crippen LogP contribution in [0.25, 0.3) is 0 Å². The number of alkyl halides is 14. The summed E-state index contributed by atoms with van der Waals surface area (Å²) in [5.41, 5.74) is -2.16. The van der Waals surface area contributed by atoms with Crippen molar-refractivity contribution in [1.29, 1.82) is 0 Å². The average Bonchev–Trinajstić information content (AvgIpc) is 2.85. The van der Waals surface area contributed by atoms with Gasteiger partial charge in [-0.3, -0.25) is 14.9 Å². The first-order chi connectivity index (χ1) is 19.6. The molecule has 44 heavy (non-hydrogen) atoms. The van der Waals surface area contributed by atoms with E-state index in [4.69, 9.17) is 0 Å². The molecule has 2 aromatic carbocycles. The van der Waals surface area contributed by atoms with Crippen LogP contribution in [0.4, 0.5) is 72.8 Å². The van der Waals surface area contributed by atoms with Gasteiger partial charge in [0, 0.05) is 16.6 Å². The van der Waals surface area contributed by atoms with Gasteiger partial charge in [-0.25, -0.2) is 8.42 Å². The topological polar surface area (TPSA) is 116 Å². The van der Waals surface area contributed by atoms with Gasteiger partial charge in [-0.1, -0.05) is 6.07 Å². The first kappa shape index (κ1) is 36.6. The predicted octanol–water partition coefficient (Wildman–Crippen LogP) is 7.06. The van der Waals surface area contributed by atoms with Crippen LogP contribution in [0.15, 0.2) is 52.3 Å². The third-order valence-electron chi connectivity index (χ3n) is 4.94. The van der Waals surface area contributed by atoms with Crippen molar-refractivity contribution in [2.24, 2.45) is 0 Å². The van der Waals surface area contributed by atoms with Crippen LogP contribution in [0.1, 0.15) is 0 Å². The van der Waals surface area contributed by atoms with E-state index in [1.807, 2.05) is 5.32 Å². The van der Waals surface area contributed by atoms with Gasteiger partial charge in [0.05, 0.1) is 9.82 Å². The second-order valence-electron chi connectivity index (χ2n) is 8.03. The Morgan fingerprint density at radius 1 is 0.841 bits per heavy atom. The normalized spacial score (nSPS) is 13.9. The number of hydrogen-bond acceptors (Lipinski definition) is 7. The molecule has 0 atom stereocenters. The number of nitro benzene ring substituents is 1. The minimum atomic E-state index is -7.15. The van der Waals surface area contributed by atoms with Crippen LogP contribution < -0.4 is 10.1 Å². The molecule has 0 fully saturated rings. The molecule has 246 valence electrons. The Morgan fingerprint density at radius 3 is 1.89 bits per heavy atom. The van der Waals surface area contributed by atoms with E-state index in [-0.39, 0.29) is 18.2 Å². The molecule has 0 aliphatic carbocycles. The number of halogens is 14. The van der Waals surface area contributed by atoms with Crippen molar-refractivity contribution in [3.63, 3.8) is 0 Å². The van der Waals surface area contributed by atoms with Crippen LogP contribution in [0.3, 0.4) is 0 Å². The van der Waals surface area contributed by atoms with E-state index in [9.17, 15) is 84.8 Å². The lowest BCUT2D eigenvalue weighted by atomic mass is 10.3. The summed E-state index contributed by atoms with van der Waals surface area (Å²) in [6.07, 6.45) is -13.7. The van der Waals surface area contributed by atoms with Crippen molar-refractivity contribution in [3.05, 3.63) is 52.6 Å². The van der Waals surface area contributed by atoms with Gasteiger partial charge >= 0.3 is 40.4 Å². The minimum absolute atomic E-state index is 0.0897. The van der Waals surface area contributed by atoms with Crippen molar-refractivity contribution in [2.75, 3.05) is 11.9 Å². The summed E-state index contributed by atoms with van der Waals surface area (Å²) < 4.78 is 210. The van der Waals surface area contributed by atoms with Crippen molar-refractivity contribution < 1.29 is 84.3 Å². The summed E-state index contributed by atoms with van der Waals surface area (Å²) in [6, 6.07) is 2.56. The number of ether oxygens (including phenoxy) is 1. The average molecular weight is 704 g/mol. The van der Waals surface area contributed by atoms with Crippen molar-refractivity contribution in [3.8, 4) is 5.75 Å². The van der Waals surface area contributed by atoms with E-state index in [0.29, 0.717) is 12.1 Å².